The van der Waals surface area contributed by atoms with E-state index >= 15 is 0 Å². The molecule has 2 rings (SSSR count). The number of carbonyl (C=O) groups is 2. The summed E-state index contributed by atoms with van der Waals surface area (Å²) in [5.74, 6) is -1.41. The number of halogens is 3. The van der Waals surface area contributed by atoms with Gasteiger partial charge in [0.2, 0.25) is 5.91 Å². The average molecular weight is 371 g/mol. The van der Waals surface area contributed by atoms with Crippen LogP contribution in [0.5, 0.6) is 0 Å². The fraction of sp³-hybridized carbons (Fsp3) is 0.294. The number of amides is 1. The third-order valence-corrected chi connectivity index (χ3v) is 4.34. The summed E-state index contributed by atoms with van der Waals surface area (Å²) in [6, 6.07) is 7.39. The molecule has 1 aromatic carbocycles. The van der Waals surface area contributed by atoms with Gasteiger partial charge in [-0.25, -0.2) is 0 Å². The van der Waals surface area contributed by atoms with Gasteiger partial charge in [0.25, 0.3) is 0 Å². The van der Waals surface area contributed by atoms with Crippen molar-refractivity contribution < 1.29 is 27.9 Å². The minimum atomic E-state index is -4.42. The number of rotatable bonds is 7. The molecular formula is C17H16F3NO3S. The van der Waals surface area contributed by atoms with Crippen LogP contribution in [-0.4, -0.2) is 23.0 Å². The number of carbonyl (C=O) groups excluding carboxylic acids is 1. The highest BCUT2D eigenvalue weighted by atomic mass is 32.1. The third kappa shape index (κ3) is 6.22. The highest BCUT2D eigenvalue weighted by Gasteiger charge is 2.30. The van der Waals surface area contributed by atoms with Crippen molar-refractivity contribution in [2.75, 3.05) is 0 Å². The van der Waals surface area contributed by atoms with Gasteiger partial charge in [0, 0.05) is 10.9 Å². The zero-order valence-electron chi connectivity index (χ0n) is 13.0. The van der Waals surface area contributed by atoms with Crippen molar-refractivity contribution >= 4 is 23.2 Å². The molecule has 0 unspecified atom stereocenters. The Hall–Kier alpha value is -2.35. The Kier molecular flexibility index (Phi) is 6.19. The quantitative estimate of drug-likeness (QED) is 0.783. The van der Waals surface area contributed by atoms with Crippen LogP contribution in [0.1, 0.15) is 22.4 Å². The SMILES string of the molecule is O=C(O)C[C@H](Cc1ccc(C(F)(F)F)cc1)NC(=O)Cc1cccs1. The zero-order chi connectivity index (χ0) is 18.4. The molecular weight excluding hydrogens is 355 g/mol. The Morgan fingerprint density at radius 1 is 1.16 bits per heavy atom. The number of aliphatic carboxylic acids is 1. The molecule has 1 aromatic heterocycles. The van der Waals surface area contributed by atoms with Crippen molar-refractivity contribution in [3.63, 3.8) is 0 Å². The smallest absolute Gasteiger partial charge is 0.416 e. The maximum atomic E-state index is 12.6. The fourth-order valence-corrected chi connectivity index (χ4v) is 3.05. The summed E-state index contributed by atoms with van der Waals surface area (Å²) < 4.78 is 37.7. The lowest BCUT2D eigenvalue weighted by Gasteiger charge is -2.17. The summed E-state index contributed by atoms with van der Waals surface area (Å²) >= 11 is 1.42. The number of hydrogen-bond donors (Lipinski definition) is 2. The van der Waals surface area contributed by atoms with E-state index in [-0.39, 0.29) is 25.2 Å². The van der Waals surface area contributed by atoms with Gasteiger partial charge in [-0.1, -0.05) is 18.2 Å². The van der Waals surface area contributed by atoms with Gasteiger partial charge >= 0.3 is 12.1 Å². The molecule has 0 saturated carbocycles. The highest BCUT2D eigenvalue weighted by Crippen LogP contribution is 2.29. The molecule has 2 N–H and O–H groups in total. The molecule has 0 bridgehead atoms. The predicted molar refractivity (Wildman–Crippen MR) is 87.4 cm³/mol. The number of nitrogens with one attached hydrogen (secondary N) is 1. The molecule has 1 amide bonds. The van der Waals surface area contributed by atoms with E-state index in [4.69, 9.17) is 5.11 Å². The second kappa shape index (κ2) is 8.15. The largest absolute Gasteiger partial charge is 0.481 e. The topological polar surface area (TPSA) is 66.4 Å². The second-order valence-electron chi connectivity index (χ2n) is 5.52. The molecule has 134 valence electrons. The fourth-order valence-electron chi connectivity index (χ4n) is 2.35. The maximum absolute atomic E-state index is 12.6. The number of thiophene rings is 1. The van der Waals surface area contributed by atoms with E-state index in [9.17, 15) is 22.8 Å². The molecule has 0 aliphatic carbocycles. The number of carboxylic acids is 1. The van der Waals surface area contributed by atoms with Gasteiger partial charge in [-0.3, -0.25) is 9.59 Å². The Labute approximate surface area is 146 Å². The van der Waals surface area contributed by atoms with Gasteiger partial charge in [-0.05, 0) is 35.6 Å². The van der Waals surface area contributed by atoms with Gasteiger partial charge in [-0.2, -0.15) is 13.2 Å². The van der Waals surface area contributed by atoms with Crippen LogP contribution in [-0.2, 0) is 28.6 Å². The Bertz CT molecular complexity index is 712. The van der Waals surface area contributed by atoms with Crippen molar-refractivity contribution in [2.45, 2.75) is 31.5 Å². The normalized spacial score (nSPS) is 12.6. The lowest BCUT2D eigenvalue weighted by Crippen LogP contribution is -2.38. The first kappa shape index (κ1) is 19.0. The van der Waals surface area contributed by atoms with Crippen LogP contribution in [0.4, 0.5) is 13.2 Å². The number of alkyl halides is 3. The van der Waals surface area contributed by atoms with E-state index in [1.807, 2.05) is 11.4 Å². The summed E-state index contributed by atoms with van der Waals surface area (Å²) in [4.78, 5) is 23.9. The van der Waals surface area contributed by atoms with Crippen molar-refractivity contribution in [2.24, 2.45) is 0 Å². The molecule has 0 saturated heterocycles. The minimum Gasteiger partial charge on any atom is -0.481 e. The molecule has 1 atom stereocenters. The first-order chi connectivity index (χ1) is 11.7. The summed E-state index contributed by atoms with van der Waals surface area (Å²) in [7, 11) is 0. The van der Waals surface area contributed by atoms with E-state index in [0.717, 1.165) is 17.0 Å². The number of hydrogen-bond acceptors (Lipinski definition) is 3. The second-order valence-corrected chi connectivity index (χ2v) is 6.55. The summed E-state index contributed by atoms with van der Waals surface area (Å²) in [6.45, 7) is 0. The molecule has 0 radical (unpaired) electrons. The molecule has 4 nitrogen and oxygen atoms in total. The van der Waals surface area contributed by atoms with E-state index in [2.05, 4.69) is 5.32 Å². The molecule has 2 aromatic rings. The minimum absolute atomic E-state index is 0.140. The van der Waals surface area contributed by atoms with E-state index in [0.29, 0.717) is 5.56 Å². The highest BCUT2D eigenvalue weighted by molar-refractivity contribution is 7.10. The zero-order valence-corrected chi connectivity index (χ0v) is 13.9. The van der Waals surface area contributed by atoms with E-state index in [1.54, 1.807) is 6.07 Å². The Morgan fingerprint density at radius 2 is 1.84 bits per heavy atom. The van der Waals surface area contributed by atoms with Crippen molar-refractivity contribution in [1.82, 2.24) is 5.32 Å². The maximum Gasteiger partial charge on any atom is 0.416 e. The Balaban J connectivity index is 2.01. The lowest BCUT2D eigenvalue weighted by molar-refractivity contribution is -0.138. The standard InChI is InChI=1S/C17H16F3NO3S/c18-17(19,20)12-5-3-11(4-6-12)8-13(9-16(23)24)21-15(22)10-14-2-1-7-25-14/h1-7,13H,8-10H2,(H,21,22)(H,23,24)/t13-/m0/s1. The van der Waals surface area contributed by atoms with Crippen LogP contribution in [0.3, 0.4) is 0 Å². The van der Waals surface area contributed by atoms with Gasteiger partial charge in [0.15, 0.2) is 0 Å². The van der Waals surface area contributed by atoms with Crippen LogP contribution in [0, 0.1) is 0 Å². The van der Waals surface area contributed by atoms with Crippen molar-refractivity contribution in [3.8, 4) is 0 Å². The number of carboxylic acid groups (broad SMARTS) is 1. The molecule has 25 heavy (non-hydrogen) atoms. The first-order valence-electron chi connectivity index (χ1n) is 7.43. The van der Waals surface area contributed by atoms with Crippen LogP contribution in [0.2, 0.25) is 0 Å². The number of benzene rings is 1. The van der Waals surface area contributed by atoms with Crippen molar-refractivity contribution in [3.05, 3.63) is 57.8 Å². The van der Waals surface area contributed by atoms with Crippen LogP contribution in [0.15, 0.2) is 41.8 Å². The third-order valence-electron chi connectivity index (χ3n) is 3.46. The molecule has 8 heteroatoms. The van der Waals surface area contributed by atoms with Crippen LogP contribution < -0.4 is 5.32 Å². The summed E-state index contributed by atoms with van der Waals surface area (Å²) in [6.07, 6.45) is -4.45. The monoisotopic (exact) mass is 371 g/mol. The predicted octanol–water partition coefficient (Wildman–Crippen LogP) is 3.51. The van der Waals surface area contributed by atoms with Gasteiger partial charge < -0.3 is 10.4 Å². The summed E-state index contributed by atoms with van der Waals surface area (Å²) in [5.41, 5.74) is -0.247. The van der Waals surface area contributed by atoms with E-state index in [1.165, 1.54) is 23.5 Å². The van der Waals surface area contributed by atoms with Crippen molar-refractivity contribution in [1.29, 1.82) is 0 Å². The first-order valence-corrected chi connectivity index (χ1v) is 8.31. The van der Waals surface area contributed by atoms with Crippen LogP contribution in [0.25, 0.3) is 0 Å². The van der Waals surface area contributed by atoms with Gasteiger partial charge in [-0.15, -0.1) is 11.3 Å². The molecule has 0 aliphatic rings. The summed E-state index contributed by atoms with van der Waals surface area (Å²) in [5, 5.41) is 13.5. The van der Waals surface area contributed by atoms with Crippen LogP contribution >= 0.6 is 11.3 Å². The molecule has 0 fully saturated rings. The van der Waals surface area contributed by atoms with Gasteiger partial charge in [0.05, 0.1) is 18.4 Å². The molecule has 0 spiro atoms. The molecule has 1 heterocycles. The lowest BCUT2D eigenvalue weighted by atomic mass is 10.0. The van der Waals surface area contributed by atoms with E-state index < -0.39 is 23.8 Å². The molecule has 0 aliphatic heterocycles. The average Bonchev–Trinajstić information content (AvgIpc) is 2.98. The van der Waals surface area contributed by atoms with Gasteiger partial charge in [0.1, 0.15) is 0 Å². The Morgan fingerprint density at radius 3 is 2.36 bits per heavy atom.